The number of halogens is 1. The number of anilines is 1. The van der Waals surface area contributed by atoms with Crippen LogP contribution in [0.4, 0.5) is 10.2 Å². The molecule has 0 saturated carbocycles. The second-order valence-corrected chi connectivity index (χ2v) is 6.02. The van der Waals surface area contributed by atoms with Gasteiger partial charge in [0, 0.05) is 11.3 Å². The predicted octanol–water partition coefficient (Wildman–Crippen LogP) is 2.27. The zero-order valence-electron chi connectivity index (χ0n) is 10.8. The third-order valence-electron chi connectivity index (χ3n) is 2.94. The minimum absolute atomic E-state index is 0.129. The molecular formula is C12H14FN3O2S. The van der Waals surface area contributed by atoms with Crippen molar-refractivity contribution in [3.63, 3.8) is 0 Å². The molecule has 0 amide bonds. The number of aromatic amines is 1. The first-order valence-corrected chi connectivity index (χ1v) is 7.10. The highest BCUT2D eigenvalue weighted by molar-refractivity contribution is 7.92. The molecule has 102 valence electrons. The van der Waals surface area contributed by atoms with E-state index in [2.05, 4.69) is 14.9 Å². The minimum atomic E-state index is -3.83. The Labute approximate surface area is 110 Å². The molecule has 0 unspecified atom stereocenters. The lowest BCUT2D eigenvalue weighted by atomic mass is 10.2. The SMILES string of the molecule is Cc1ccc(S(=O)(=O)Nc2n[nH]c(C)c2C)cc1F. The second kappa shape index (κ2) is 4.65. The standard InChI is InChI=1S/C12H14FN3O2S/c1-7-4-5-10(6-11(7)13)19(17,18)16-12-8(2)9(3)14-15-12/h4-6H,1-3H3,(H2,14,15,16). The van der Waals surface area contributed by atoms with E-state index in [4.69, 9.17) is 0 Å². The Morgan fingerprint density at radius 3 is 2.47 bits per heavy atom. The molecule has 7 heteroatoms. The average molecular weight is 283 g/mol. The zero-order chi connectivity index (χ0) is 14.2. The number of hydrogen-bond acceptors (Lipinski definition) is 3. The van der Waals surface area contributed by atoms with Crippen molar-refractivity contribution in [2.75, 3.05) is 4.72 Å². The molecule has 0 atom stereocenters. The van der Waals surface area contributed by atoms with Crippen molar-refractivity contribution < 1.29 is 12.8 Å². The third kappa shape index (κ3) is 2.60. The molecule has 1 aromatic heterocycles. The minimum Gasteiger partial charge on any atom is -0.280 e. The molecule has 1 heterocycles. The van der Waals surface area contributed by atoms with Crippen LogP contribution in [0.2, 0.25) is 0 Å². The normalized spacial score (nSPS) is 11.6. The largest absolute Gasteiger partial charge is 0.280 e. The summed E-state index contributed by atoms with van der Waals surface area (Å²) in [6.07, 6.45) is 0. The van der Waals surface area contributed by atoms with E-state index in [-0.39, 0.29) is 10.7 Å². The van der Waals surface area contributed by atoms with Gasteiger partial charge in [0.2, 0.25) is 0 Å². The molecule has 0 aliphatic heterocycles. The van der Waals surface area contributed by atoms with Gasteiger partial charge in [-0.1, -0.05) is 6.07 Å². The summed E-state index contributed by atoms with van der Waals surface area (Å²) in [4.78, 5) is -0.129. The molecule has 0 aliphatic rings. The fourth-order valence-corrected chi connectivity index (χ4v) is 2.59. The van der Waals surface area contributed by atoms with Crippen LogP contribution in [0.5, 0.6) is 0 Å². The summed E-state index contributed by atoms with van der Waals surface area (Å²) < 4.78 is 39.9. The van der Waals surface area contributed by atoms with Gasteiger partial charge < -0.3 is 0 Å². The number of H-pyrrole nitrogens is 1. The number of sulfonamides is 1. The van der Waals surface area contributed by atoms with E-state index in [0.29, 0.717) is 11.1 Å². The van der Waals surface area contributed by atoms with Crippen molar-refractivity contribution >= 4 is 15.8 Å². The number of aromatic nitrogens is 2. The molecule has 1 aromatic carbocycles. The highest BCUT2D eigenvalue weighted by Gasteiger charge is 2.18. The zero-order valence-corrected chi connectivity index (χ0v) is 11.6. The van der Waals surface area contributed by atoms with Crippen molar-refractivity contribution in [1.82, 2.24) is 10.2 Å². The molecule has 0 bridgehead atoms. The fraction of sp³-hybridized carbons (Fsp3) is 0.250. The van der Waals surface area contributed by atoms with Crippen LogP contribution in [0.1, 0.15) is 16.8 Å². The lowest BCUT2D eigenvalue weighted by molar-refractivity contribution is 0.593. The maximum Gasteiger partial charge on any atom is 0.263 e. The molecular weight excluding hydrogens is 269 g/mol. The first kappa shape index (κ1) is 13.5. The Kier molecular flexibility index (Phi) is 3.32. The van der Waals surface area contributed by atoms with Gasteiger partial charge in [-0.05, 0) is 38.5 Å². The summed E-state index contributed by atoms with van der Waals surface area (Å²) in [6, 6.07) is 3.77. The average Bonchev–Trinajstić information content (AvgIpc) is 2.64. The summed E-state index contributed by atoms with van der Waals surface area (Å²) in [7, 11) is -3.83. The summed E-state index contributed by atoms with van der Waals surface area (Å²) in [5, 5.41) is 6.54. The monoisotopic (exact) mass is 283 g/mol. The number of nitrogens with zero attached hydrogens (tertiary/aromatic N) is 1. The Balaban J connectivity index is 2.37. The predicted molar refractivity (Wildman–Crippen MR) is 70.0 cm³/mol. The lowest BCUT2D eigenvalue weighted by Crippen LogP contribution is -2.14. The van der Waals surface area contributed by atoms with Gasteiger partial charge in [0.15, 0.2) is 5.82 Å². The van der Waals surface area contributed by atoms with Gasteiger partial charge in [0.1, 0.15) is 5.82 Å². The Bertz CT molecular complexity index is 723. The molecule has 2 N–H and O–H groups in total. The van der Waals surface area contributed by atoms with Crippen molar-refractivity contribution in [1.29, 1.82) is 0 Å². The third-order valence-corrected chi connectivity index (χ3v) is 4.27. The van der Waals surface area contributed by atoms with Gasteiger partial charge >= 0.3 is 0 Å². The van der Waals surface area contributed by atoms with Gasteiger partial charge in [-0.15, -0.1) is 0 Å². The van der Waals surface area contributed by atoms with Gasteiger partial charge in [0.05, 0.1) is 4.90 Å². The number of nitrogens with one attached hydrogen (secondary N) is 2. The van der Waals surface area contributed by atoms with Crippen LogP contribution < -0.4 is 4.72 Å². The van der Waals surface area contributed by atoms with Crippen LogP contribution in [0.15, 0.2) is 23.1 Å². The molecule has 19 heavy (non-hydrogen) atoms. The molecule has 0 fully saturated rings. The fourth-order valence-electron chi connectivity index (χ4n) is 1.51. The molecule has 2 aromatic rings. The number of benzene rings is 1. The van der Waals surface area contributed by atoms with Gasteiger partial charge in [-0.25, -0.2) is 12.8 Å². The summed E-state index contributed by atoms with van der Waals surface area (Å²) in [5.74, 6) is -0.337. The molecule has 2 rings (SSSR count). The topological polar surface area (TPSA) is 74.8 Å². The van der Waals surface area contributed by atoms with Gasteiger partial charge in [-0.3, -0.25) is 9.82 Å². The Hall–Kier alpha value is -1.89. The summed E-state index contributed by atoms with van der Waals surface area (Å²) >= 11 is 0. The quantitative estimate of drug-likeness (QED) is 0.907. The van der Waals surface area contributed by atoms with E-state index < -0.39 is 15.8 Å². The highest BCUT2D eigenvalue weighted by Crippen LogP contribution is 2.20. The highest BCUT2D eigenvalue weighted by atomic mass is 32.2. The molecule has 0 saturated heterocycles. The van der Waals surface area contributed by atoms with Gasteiger partial charge in [-0.2, -0.15) is 5.10 Å². The number of hydrogen-bond donors (Lipinski definition) is 2. The smallest absolute Gasteiger partial charge is 0.263 e. The Morgan fingerprint density at radius 1 is 1.26 bits per heavy atom. The van der Waals surface area contributed by atoms with E-state index in [1.165, 1.54) is 12.1 Å². The second-order valence-electron chi connectivity index (χ2n) is 4.34. The Morgan fingerprint density at radius 2 is 1.95 bits per heavy atom. The van der Waals surface area contributed by atoms with E-state index in [9.17, 15) is 12.8 Å². The van der Waals surface area contributed by atoms with Crippen LogP contribution in [0, 0.1) is 26.6 Å². The van der Waals surface area contributed by atoms with E-state index in [0.717, 1.165) is 11.8 Å². The maximum atomic E-state index is 13.4. The van der Waals surface area contributed by atoms with Crippen molar-refractivity contribution in [2.24, 2.45) is 0 Å². The number of rotatable bonds is 3. The van der Waals surface area contributed by atoms with Crippen molar-refractivity contribution in [2.45, 2.75) is 25.7 Å². The van der Waals surface area contributed by atoms with Crippen LogP contribution in [0.25, 0.3) is 0 Å². The number of aryl methyl sites for hydroxylation is 2. The summed E-state index contributed by atoms with van der Waals surface area (Å²) in [5.41, 5.74) is 1.87. The molecule has 0 radical (unpaired) electrons. The van der Waals surface area contributed by atoms with E-state index >= 15 is 0 Å². The first-order valence-electron chi connectivity index (χ1n) is 5.62. The summed E-state index contributed by atoms with van der Waals surface area (Å²) in [6.45, 7) is 5.10. The molecule has 0 aliphatic carbocycles. The van der Waals surface area contributed by atoms with E-state index in [1.807, 2.05) is 0 Å². The van der Waals surface area contributed by atoms with Crippen molar-refractivity contribution in [3.8, 4) is 0 Å². The van der Waals surface area contributed by atoms with Crippen LogP contribution >= 0.6 is 0 Å². The molecule has 0 spiro atoms. The van der Waals surface area contributed by atoms with Crippen molar-refractivity contribution in [3.05, 3.63) is 40.8 Å². The van der Waals surface area contributed by atoms with Crippen LogP contribution in [0.3, 0.4) is 0 Å². The van der Waals surface area contributed by atoms with Crippen LogP contribution in [-0.4, -0.2) is 18.6 Å². The van der Waals surface area contributed by atoms with Gasteiger partial charge in [0.25, 0.3) is 10.0 Å². The van der Waals surface area contributed by atoms with E-state index in [1.54, 1.807) is 20.8 Å². The first-order chi connectivity index (χ1) is 8.81. The molecule has 5 nitrogen and oxygen atoms in total. The maximum absolute atomic E-state index is 13.4. The van der Waals surface area contributed by atoms with Crippen LogP contribution in [-0.2, 0) is 10.0 Å². The lowest BCUT2D eigenvalue weighted by Gasteiger charge is -2.07.